The molecule has 140 valence electrons. The lowest BCUT2D eigenvalue weighted by Crippen LogP contribution is -2.37. The minimum absolute atomic E-state index is 0.210. The largest absolute Gasteiger partial charge is 0.457 e. The molecule has 28 heavy (non-hydrogen) atoms. The van der Waals surface area contributed by atoms with Gasteiger partial charge in [0.15, 0.2) is 0 Å². The lowest BCUT2D eigenvalue weighted by Gasteiger charge is -2.13. The molecule has 4 aromatic rings. The van der Waals surface area contributed by atoms with E-state index in [9.17, 15) is 4.79 Å². The molecule has 1 unspecified atom stereocenters. The van der Waals surface area contributed by atoms with Gasteiger partial charge in [0.05, 0.1) is 11.4 Å². The molecule has 0 aliphatic heterocycles. The first-order chi connectivity index (χ1) is 13.7. The van der Waals surface area contributed by atoms with E-state index in [4.69, 9.17) is 10.5 Å². The summed E-state index contributed by atoms with van der Waals surface area (Å²) in [6.07, 6.45) is 3.97. The standard InChI is InChI=1S/C22H20N4O2/c23-19(22(27)26-16-4-2-1-3-5-16)14-15-6-8-17(9-7-15)28-20-11-13-25-21-18(20)10-12-24-21/h1-13,19H,14,23H2,(H,24,25)(H,26,27). The molecule has 2 aromatic heterocycles. The van der Waals surface area contributed by atoms with Crippen LogP contribution >= 0.6 is 0 Å². The number of nitrogens with zero attached hydrogens (tertiary/aromatic N) is 1. The van der Waals surface area contributed by atoms with Gasteiger partial charge in [-0.05, 0) is 48.4 Å². The monoisotopic (exact) mass is 372 g/mol. The summed E-state index contributed by atoms with van der Waals surface area (Å²) < 4.78 is 5.97. The Balaban J connectivity index is 1.39. The number of carbonyl (C=O) groups is 1. The minimum atomic E-state index is -0.633. The van der Waals surface area contributed by atoms with Gasteiger partial charge in [0.25, 0.3) is 0 Å². The van der Waals surface area contributed by atoms with Crippen LogP contribution in [0.5, 0.6) is 11.5 Å². The summed E-state index contributed by atoms with van der Waals surface area (Å²) in [5.74, 6) is 1.23. The number of fused-ring (bicyclic) bond motifs is 1. The van der Waals surface area contributed by atoms with Gasteiger partial charge in [-0.2, -0.15) is 0 Å². The molecular weight excluding hydrogens is 352 g/mol. The molecule has 0 saturated carbocycles. The topological polar surface area (TPSA) is 93.0 Å². The SMILES string of the molecule is NC(Cc1ccc(Oc2ccnc3[nH]ccc23)cc1)C(=O)Nc1ccccc1. The van der Waals surface area contributed by atoms with Gasteiger partial charge < -0.3 is 20.8 Å². The summed E-state index contributed by atoms with van der Waals surface area (Å²) in [6, 6.07) is 20.0. The van der Waals surface area contributed by atoms with Crippen molar-refractivity contribution in [2.45, 2.75) is 12.5 Å². The number of ether oxygens (including phenoxy) is 1. The number of benzene rings is 2. The van der Waals surface area contributed by atoms with E-state index in [0.29, 0.717) is 12.2 Å². The normalized spacial score (nSPS) is 11.9. The predicted octanol–water partition coefficient (Wildman–Crippen LogP) is 3.86. The third-order valence-electron chi connectivity index (χ3n) is 4.41. The zero-order chi connectivity index (χ0) is 19.3. The van der Waals surface area contributed by atoms with Crippen LogP contribution in [0.15, 0.2) is 79.1 Å². The second-order valence-electron chi connectivity index (χ2n) is 6.46. The summed E-state index contributed by atoms with van der Waals surface area (Å²) in [5.41, 5.74) is 8.54. The molecule has 2 aromatic carbocycles. The van der Waals surface area contributed by atoms with Crippen LogP contribution < -0.4 is 15.8 Å². The summed E-state index contributed by atoms with van der Waals surface area (Å²) in [6.45, 7) is 0. The Kier molecular flexibility index (Phi) is 5.03. The molecule has 4 N–H and O–H groups in total. The maximum Gasteiger partial charge on any atom is 0.241 e. The highest BCUT2D eigenvalue weighted by molar-refractivity contribution is 5.94. The van der Waals surface area contributed by atoms with Gasteiger partial charge in [0.1, 0.15) is 17.1 Å². The third-order valence-corrected chi connectivity index (χ3v) is 4.41. The second-order valence-corrected chi connectivity index (χ2v) is 6.46. The van der Waals surface area contributed by atoms with E-state index in [1.807, 2.05) is 72.9 Å². The van der Waals surface area contributed by atoms with Gasteiger partial charge in [-0.25, -0.2) is 4.98 Å². The van der Waals surface area contributed by atoms with Crippen LogP contribution in [0.25, 0.3) is 11.0 Å². The van der Waals surface area contributed by atoms with E-state index in [1.54, 1.807) is 6.20 Å². The summed E-state index contributed by atoms with van der Waals surface area (Å²) in [4.78, 5) is 19.6. The van der Waals surface area contributed by atoms with Crippen molar-refractivity contribution in [3.63, 3.8) is 0 Å². The molecular formula is C22H20N4O2. The number of carbonyl (C=O) groups excluding carboxylic acids is 1. The summed E-state index contributed by atoms with van der Waals surface area (Å²) in [5, 5.41) is 3.75. The smallest absolute Gasteiger partial charge is 0.241 e. The molecule has 4 rings (SSSR count). The van der Waals surface area contributed by atoms with E-state index >= 15 is 0 Å². The molecule has 0 fully saturated rings. The number of nitrogens with two attached hydrogens (primary N) is 1. The number of aromatic amines is 1. The maximum atomic E-state index is 12.3. The Morgan fingerprint density at radius 2 is 1.86 bits per heavy atom. The molecule has 0 aliphatic rings. The van der Waals surface area contributed by atoms with Crippen LogP contribution in [0.3, 0.4) is 0 Å². The molecule has 0 aliphatic carbocycles. The van der Waals surface area contributed by atoms with E-state index in [-0.39, 0.29) is 5.91 Å². The Morgan fingerprint density at radius 1 is 1.07 bits per heavy atom. The highest BCUT2D eigenvalue weighted by Gasteiger charge is 2.14. The second kappa shape index (κ2) is 7.94. The fourth-order valence-corrected chi connectivity index (χ4v) is 2.95. The Morgan fingerprint density at radius 3 is 2.64 bits per heavy atom. The third kappa shape index (κ3) is 4.02. The van der Waals surface area contributed by atoms with Gasteiger partial charge >= 0.3 is 0 Å². The molecule has 0 radical (unpaired) electrons. The Labute approximate surface area is 162 Å². The van der Waals surface area contributed by atoms with E-state index < -0.39 is 6.04 Å². The number of aromatic nitrogens is 2. The number of amides is 1. The lowest BCUT2D eigenvalue weighted by atomic mass is 10.1. The average molecular weight is 372 g/mol. The average Bonchev–Trinajstić information content (AvgIpc) is 3.20. The maximum absolute atomic E-state index is 12.3. The van der Waals surface area contributed by atoms with Crippen LogP contribution in [-0.2, 0) is 11.2 Å². The minimum Gasteiger partial charge on any atom is -0.457 e. The molecule has 6 nitrogen and oxygen atoms in total. The highest BCUT2D eigenvalue weighted by atomic mass is 16.5. The zero-order valence-corrected chi connectivity index (χ0v) is 15.1. The van der Waals surface area contributed by atoms with Crippen molar-refractivity contribution in [1.82, 2.24) is 9.97 Å². The molecule has 1 amide bonds. The van der Waals surface area contributed by atoms with Crippen molar-refractivity contribution in [2.24, 2.45) is 5.73 Å². The molecule has 0 bridgehead atoms. The van der Waals surface area contributed by atoms with Crippen LogP contribution in [0, 0.1) is 0 Å². The zero-order valence-electron chi connectivity index (χ0n) is 15.1. The van der Waals surface area contributed by atoms with E-state index in [0.717, 1.165) is 28.0 Å². The molecule has 0 saturated heterocycles. The fraction of sp³-hybridized carbons (Fsp3) is 0.0909. The first-order valence-corrected chi connectivity index (χ1v) is 8.99. The molecule has 0 spiro atoms. The van der Waals surface area contributed by atoms with E-state index in [1.165, 1.54) is 0 Å². The quantitative estimate of drug-likeness (QED) is 0.479. The van der Waals surface area contributed by atoms with Crippen molar-refractivity contribution < 1.29 is 9.53 Å². The van der Waals surface area contributed by atoms with E-state index in [2.05, 4.69) is 15.3 Å². The van der Waals surface area contributed by atoms with Crippen molar-refractivity contribution in [3.05, 3.63) is 84.7 Å². The van der Waals surface area contributed by atoms with Gasteiger partial charge in [-0.15, -0.1) is 0 Å². The first-order valence-electron chi connectivity index (χ1n) is 8.99. The van der Waals surface area contributed by atoms with Crippen molar-refractivity contribution >= 4 is 22.6 Å². The van der Waals surface area contributed by atoms with Crippen LogP contribution in [-0.4, -0.2) is 21.9 Å². The van der Waals surface area contributed by atoms with Gasteiger partial charge in [0, 0.05) is 18.1 Å². The molecule has 1 atom stereocenters. The number of hydrogen-bond acceptors (Lipinski definition) is 4. The van der Waals surface area contributed by atoms with Crippen LogP contribution in [0.2, 0.25) is 0 Å². The summed E-state index contributed by atoms with van der Waals surface area (Å²) in [7, 11) is 0. The van der Waals surface area contributed by atoms with Gasteiger partial charge in [0.2, 0.25) is 5.91 Å². The number of nitrogens with one attached hydrogen (secondary N) is 2. The lowest BCUT2D eigenvalue weighted by molar-refractivity contribution is -0.117. The number of para-hydroxylation sites is 1. The number of anilines is 1. The fourth-order valence-electron chi connectivity index (χ4n) is 2.95. The van der Waals surface area contributed by atoms with Crippen molar-refractivity contribution in [1.29, 1.82) is 0 Å². The van der Waals surface area contributed by atoms with Crippen LogP contribution in [0.4, 0.5) is 5.69 Å². The van der Waals surface area contributed by atoms with Crippen LogP contribution in [0.1, 0.15) is 5.56 Å². The number of hydrogen-bond donors (Lipinski definition) is 3. The highest BCUT2D eigenvalue weighted by Crippen LogP contribution is 2.28. The summed E-state index contributed by atoms with van der Waals surface area (Å²) >= 11 is 0. The first kappa shape index (κ1) is 17.8. The Bertz CT molecular complexity index is 1070. The van der Waals surface area contributed by atoms with Crippen molar-refractivity contribution in [3.8, 4) is 11.5 Å². The molecule has 2 heterocycles. The number of H-pyrrole nitrogens is 1. The van der Waals surface area contributed by atoms with Crippen molar-refractivity contribution in [2.75, 3.05) is 5.32 Å². The number of rotatable bonds is 6. The Hall–Kier alpha value is -3.64. The van der Waals surface area contributed by atoms with Gasteiger partial charge in [-0.1, -0.05) is 30.3 Å². The molecule has 6 heteroatoms. The predicted molar refractivity (Wildman–Crippen MR) is 109 cm³/mol. The van der Waals surface area contributed by atoms with Gasteiger partial charge in [-0.3, -0.25) is 4.79 Å². The number of pyridine rings is 1.